The fourth-order valence-corrected chi connectivity index (χ4v) is 7.11. The molecule has 1 fully saturated rings. The molecule has 1 saturated carbocycles. The Labute approximate surface area is 235 Å². The summed E-state index contributed by atoms with van der Waals surface area (Å²) in [7, 11) is -4.07. The molecule has 0 radical (unpaired) electrons. The lowest BCUT2D eigenvalue weighted by Gasteiger charge is -2.27. The van der Waals surface area contributed by atoms with E-state index in [1.54, 1.807) is 23.6 Å². The summed E-state index contributed by atoms with van der Waals surface area (Å²) in [6.07, 6.45) is 7.47. The van der Waals surface area contributed by atoms with Crippen LogP contribution in [0.2, 0.25) is 0 Å². The van der Waals surface area contributed by atoms with E-state index in [1.165, 1.54) is 56.4 Å². The van der Waals surface area contributed by atoms with Gasteiger partial charge in [-0.1, -0.05) is 31.7 Å². The lowest BCUT2D eigenvalue weighted by molar-refractivity contribution is -0.117. The number of rotatable bonds is 9. The van der Waals surface area contributed by atoms with Crippen LogP contribution in [0.5, 0.6) is 0 Å². The number of anilines is 3. The van der Waals surface area contributed by atoms with Crippen LogP contribution >= 0.6 is 11.3 Å². The van der Waals surface area contributed by atoms with E-state index in [0.29, 0.717) is 11.1 Å². The molecule has 3 N–H and O–H groups in total. The SMILES string of the molecule is O=C(Nc1ccc(N2C(=O)Cc3cc(NCCCC4CCCC4)ccc3C2=O)c(F)c1)NS(=O)(=O)c1cccs1. The number of urea groups is 1. The van der Waals surface area contributed by atoms with Gasteiger partial charge in [0, 0.05) is 23.5 Å². The molecule has 9 nitrogen and oxygen atoms in total. The van der Waals surface area contributed by atoms with Gasteiger partial charge in [0.2, 0.25) is 5.91 Å². The second-order valence-electron chi connectivity index (χ2n) is 9.96. The van der Waals surface area contributed by atoms with Gasteiger partial charge < -0.3 is 10.6 Å². The molecule has 1 aromatic heterocycles. The van der Waals surface area contributed by atoms with Crippen molar-refractivity contribution in [1.82, 2.24) is 4.72 Å². The van der Waals surface area contributed by atoms with Gasteiger partial charge in [-0.2, -0.15) is 0 Å². The van der Waals surface area contributed by atoms with Crippen molar-refractivity contribution in [1.29, 1.82) is 0 Å². The number of hydrogen-bond acceptors (Lipinski definition) is 7. The number of fused-ring (bicyclic) bond motifs is 1. The molecule has 40 heavy (non-hydrogen) atoms. The molecule has 5 rings (SSSR count). The summed E-state index contributed by atoms with van der Waals surface area (Å²) < 4.78 is 41.3. The highest BCUT2D eigenvalue weighted by molar-refractivity contribution is 7.92. The third-order valence-electron chi connectivity index (χ3n) is 7.16. The molecule has 4 amide bonds. The van der Waals surface area contributed by atoms with Gasteiger partial charge in [-0.25, -0.2) is 27.2 Å². The number of thiophene rings is 1. The highest BCUT2D eigenvalue weighted by atomic mass is 32.2. The molecule has 0 saturated heterocycles. The van der Waals surface area contributed by atoms with Crippen LogP contribution in [0.1, 0.15) is 54.4 Å². The summed E-state index contributed by atoms with van der Waals surface area (Å²) in [6.45, 7) is 0.812. The summed E-state index contributed by atoms with van der Waals surface area (Å²) in [5, 5.41) is 7.18. The van der Waals surface area contributed by atoms with Crippen molar-refractivity contribution in [3.05, 3.63) is 70.9 Å². The molecule has 210 valence electrons. The quantitative estimate of drug-likeness (QED) is 0.225. The third kappa shape index (κ3) is 6.18. The Kier molecular flexibility index (Phi) is 8.17. The molecule has 1 aliphatic heterocycles. The summed E-state index contributed by atoms with van der Waals surface area (Å²) in [5.74, 6) is -1.32. The van der Waals surface area contributed by atoms with Gasteiger partial charge >= 0.3 is 6.03 Å². The minimum atomic E-state index is -4.07. The highest BCUT2D eigenvalue weighted by Crippen LogP contribution is 2.31. The molecule has 0 spiro atoms. The lowest BCUT2D eigenvalue weighted by Crippen LogP contribution is -2.43. The zero-order chi connectivity index (χ0) is 28.3. The Morgan fingerprint density at radius 1 is 1.05 bits per heavy atom. The fourth-order valence-electron chi connectivity index (χ4n) is 5.21. The van der Waals surface area contributed by atoms with E-state index in [2.05, 4.69) is 10.6 Å². The number of benzene rings is 2. The van der Waals surface area contributed by atoms with Crippen LogP contribution in [0.25, 0.3) is 0 Å². The fraction of sp³-hybridized carbons (Fsp3) is 0.321. The van der Waals surface area contributed by atoms with Crippen molar-refractivity contribution in [3.63, 3.8) is 0 Å². The van der Waals surface area contributed by atoms with Crippen LogP contribution in [0.15, 0.2) is 58.1 Å². The highest BCUT2D eigenvalue weighted by Gasteiger charge is 2.34. The van der Waals surface area contributed by atoms with E-state index in [9.17, 15) is 22.8 Å². The van der Waals surface area contributed by atoms with Crippen LogP contribution in [0, 0.1) is 11.7 Å². The molecule has 2 aliphatic rings. The van der Waals surface area contributed by atoms with E-state index in [1.807, 2.05) is 4.72 Å². The summed E-state index contributed by atoms with van der Waals surface area (Å²) >= 11 is 0.940. The summed E-state index contributed by atoms with van der Waals surface area (Å²) in [6, 6.07) is 10.4. The van der Waals surface area contributed by atoms with Gasteiger partial charge in [0.1, 0.15) is 10.0 Å². The number of sulfonamides is 1. The summed E-state index contributed by atoms with van der Waals surface area (Å²) in [4.78, 5) is 39.1. The topological polar surface area (TPSA) is 125 Å². The first-order valence-electron chi connectivity index (χ1n) is 13.1. The van der Waals surface area contributed by atoms with E-state index < -0.39 is 33.7 Å². The van der Waals surface area contributed by atoms with Crippen molar-refractivity contribution in [2.24, 2.45) is 5.92 Å². The number of carbonyl (C=O) groups is 3. The third-order valence-corrected chi connectivity index (χ3v) is 9.88. The normalized spacial score (nSPS) is 15.7. The lowest BCUT2D eigenvalue weighted by atomic mass is 9.97. The average molecular weight is 585 g/mol. The Hall–Kier alpha value is -3.77. The molecule has 12 heteroatoms. The number of nitrogens with one attached hydrogen (secondary N) is 3. The van der Waals surface area contributed by atoms with Gasteiger partial charge in [0.15, 0.2) is 0 Å². The molecule has 0 atom stereocenters. The predicted octanol–water partition coefficient (Wildman–Crippen LogP) is 5.51. The number of hydrogen-bond donors (Lipinski definition) is 3. The number of amides is 4. The van der Waals surface area contributed by atoms with Gasteiger partial charge in [-0.3, -0.25) is 9.59 Å². The smallest absolute Gasteiger partial charge is 0.333 e. The maximum atomic E-state index is 15.1. The van der Waals surface area contributed by atoms with E-state index in [0.717, 1.165) is 46.9 Å². The maximum absolute atomic E-state index is 15.1. The van der Waals surface area contributed by atoms with E-state index in [4.69, 9.17) is 0 Å². The van der Waals surface area contributed by atoms with Crippen molar-refractivity contribution in [2.75, 3.05) is 22.1 Å². The Bertz CT molecular complexity index is 1540. The number of carbonyl (C=O) groups excluding carboxylic acids is 3. The molecular formula is C28H29FN4O5S2. The number of halogens is 1. The van der Waals surface area contributed by atoms with Crippen LogP contribution < -0.4 is 20.3 Å². The standard InChI is InChI=1S/C28H29FN4O5S2/c29-23-17-21(31-28(36)32-40(37,38)26-8-4-14-39-26)10-12-24(23)33-25(34)16-19-15-20(9-11-22(19)27(33)35)30-13-3-7-18-5-1-2-6-18/h4,8-12,14-15,17-18,30H,1-3,5-7,13,16H2,(H2,31,32,36). The van der Waals surface area contributed by atoms with Crippen LogP contribution in [0.3, 0.4) is 0 Å². The van der Waals surface area contributed by atoms with Crippen molar-refractivity contribution >= 4 is 56.3 Å². The minimum absolute atomic E-state index is 0.0474. The first-order chi connectivity index (χ1) is 19.2. The predicted molar refractivity (Wildman–Crippen MR) is 152 cm³/mol. The molecule has 2 heterocycles. The second kappa shape index (κ2) is 11.8. The number of nitrogens with zero attached hydrogens (tertiary/aromatic N) is 1. The van der Waals surface area contributed by atoms with Crippen molar-refractivity contribution in [2.45, 2.75) is 49.2 Å². The molecular weight excluding hydrogens is 555 g/mol. The Morgan fingerprint density at radius 3 is 2.55 bits per heavy atom. The zero-order valence-corrected chi connectivity index (χ0v) is 23.2. The van der Waals surface area contributed by atoms with Crippen molar-refractivity contribution in [3.8, 4) is 0 Å². The van der Waals surface area contributed by atoms with Gasteiger partial charge in [0.05, 0.1) is 12.1 Å². The number of imide groups is 1. The van der Waals surface area contributed by atoms with Crippen LogP contribution in [-0.4, -0.2) is 32.8 Å². The molecule has 3 aromatic rings. The monoisotopic (exact) mass is 584 g/mol. The van der Waals surface area contributed by atoms with E-state index in [-0.39, 0.29) is 22.0 Å². The first-order valence-corrected chi connectivity index (χ1v) is 15.5. The largest absolute Gasteiger partial charge is 0.385 e. The minimum Gasteiger partial charge on any atom is -0.385 e. The summed E-state index contributed by atoms with van der Waals surface area (Å²) in [5.41, 5.74) is 1.42. The Morgan fingerprint density at radius 2 is 1.82 bits per heavy atom. The van der Waals surface area contributed by atoms with Gasteiger partial charge in [-0.05, 0) is 72.2 Å². The Balaban J connectivity index is 1.23. The van der Waals surface area contributed by atoms with E-state index >= 15 is 4.39 Å². The van der Waals surface area contributed by atoms with Gasteiger partial charge in [0.25, 0.3) is 15.9 Å². The second-order valence-corrected chi connectivity index (χ2v) is 12.8. The maximum Gasteiger partial charge on any atom is 0.333 e. The van der Waals surface area contributed by atoms with Crippen LogP contribution in [-0.2, 0) is 21.2 Å². The first kappa shape index (κ1) is 27.8. The molecule has 2 aromatic carbocycles. The molecule has 1 aliphatic carbocycles. The zero-order valence-electron chi connectivity index (χ0n) is 21.6. The average Bonchev–Trinajstić information content (AvgIpc) is 3.62. The molecule has 0 bridgehead atoms. The molecule has 0 unspecified atom stereocenters. The van der Waals surface area contributed by atoms with Gasteiger partial charge in [-0.15, -0.1) is 11.3 Å². The van der Waals surface area contributed by atoms with Crippen molar-refractivity contribution < 1.29 is 27.2 Å². The van der Waals surface area contributed by atoms with Crippen LogP contribution in [0.4, 0.5) is 26.2 Å².